The van der Waals surface area contributed by atoms with Crippen molar-refractivity contribution in [1.29, 1.82) is 0 Å². The van der Waals surface area contributed by atoms with Gasteiger partial charge in [-0.15, -0.1) is 11.3 Å². The summed E-state index contributed by atoms with van der Waals surface area (Å²) in [6.07, 6.45) is -0.754. The van der Waals surface area contributed by atoms with Crippen LogP contribution < -0.4 is 10.6 Å². The van der Waals surface area contributed by atoms with Crippen molar-refractivity contribution in [2.45, 2.75) is 24.7 Å². The molecule has 5 nitrogen and oxygen atoms in total. The molecule has 3 rings (SSSR count). The van der Waals surface area contributed by atoms with Gasteiger partial charge in [-0.05, 0) is 23.9 Å². The Kier molecular flexibility index (Phi) is 4.21. The van der Waals surface area contributed by atoms with E-state index in [1.807, 2.05) is 30.3 Å². The summed E-state index contributed by atoms with van der Waals surface area (Å²) in [5.41, 5.74) is 0. The van der Waals surface area contributed by atoms with Crippen molar-refractivity contribution in [3.8, 4) is 0 Å². The summed E-state index contributed by atoms with van der Waals surface area (Å²) in [7, 11) is 0. The molecule has 1 amide bonds. The largest absolute Gasteiger partial charge is 0.392 e. The minimum atomic E-state index is -0.710. The van der Waals surface area contributed by atoms with Gasteiger partial charge in [0.25, 0.3) is 0 Å². The number of benzene rings is 1. The zero-order valence-corrected chi connectivity index (χ0v) is 12.3. The van der Waals surface area contributed by atoms with Crippen molar-refractivity contribution in [2.75, 3.05) is 13.1 Å². The molecular formula is C15H18N2O3S. The van der Waals surface area contributed by atoms with Crippen LogP contribution in [0.5, 0.6) is 0 Å². The van der Waals surface area contributed by atoms with Gasteiger partial charge < -0.3 is 20.8 Å². The number of nitrogens with one attached hydrogen (secondary N) is 2. The third kappa shape index (κ3) is 3.24. The number of fused-ring (bicyclic) bond motifs is 1. The Morgan fingerprint density at radius 2 is 2.29 bits per heavy atom. The van der Waals surface area contributed by atoms with Crippen molar-refractivity contribution in [3.05, 3.63) is 35.2 Å². The Hall–Kier alpha value is -1.47. The molecule has 1 aliphatic rings. The number of rotatable bonds is 4. The number of amides is 1. The molecule has 3 atom stereocenters. The molecule has 2 heterocycles. The molecule has 1 saturated heterocycles. The molecule has 0 spiro atoms. The van der Waals surface area contributed by atoms with E-state index in [1.165, 1.54) is 11.3 Å². The van der Waals surface area contributed by atoms with Gasteiger partial charge in [-0.25, -0.2) is 0 Å². The van der Waals surface area contributed by atoms with Gasteiger partial charge in [-0.3, -0.25) is 4.79 Å². The van der Waals surface area contributed by atoms with E-state index in [2.05, 4.69) is 10.6 Å². The van der Waals surface area contributed by atoms with Gasteiger partial charge in [-0.2, -0.15) is 0 Å². The third-order valence-corrected chi connectivity index (χ3v) is 4.88. The Labute approximate surface area is 126 Å². The van der Waals surface area contributed by atoms with E-state index < -0.39 is 12.2 Å². The highest BCUT2D eigenvalue weighted by atomic mass is 32.1. The molecule has 1 aromatic heterocycles. The Bertz CT molecular complexity index is 610. The minimum Gasteiger partial charge on any atom is -0.392 e. The van der Waals surface area contributed by atoms with Gasteiger partial charge in [0.1, 0.15) is 6.10 Å². The number of carbonyl (C=O) groups excluding carboxylic acids is 1. The van der Waals surface area contributed by atoms with E-state index in [-0.39, 0.29) is 18.5 Å². The summed E-state index contributed by atoms with van der Waals surface area (Å²) in [4.78, 5) is 12.7. The van der Waals surface area contributed by atoms with E-state index in [9.17, 15) is 15.0 Å². The molecular weight excluding hydrogens is 288 g/mol. The lowest BCUT2D eigenvalue weighted by atomic mass is 10.2. The monoisotopic (exact) mass is 306 g/mol. The lowest BCUT2D eigenvalue weighted by Gasteiger charge is -2.13. The SMILES string of the molecule is O=C(NCC(O)c1cc2ccccc2s1)C1CC(O)CN1. The van der Waals surface area contributed by atoms with Crippen LogP contribution >= 0.6 is 11.3 Å². The number of hydrogen-bond donors (Lipinski definition) is 4. The van der Waals surface area contributed by atoms with Crippen LogP contribution in [0.2, 0.25) is 0 Å². The first-order valence-electron chi connectivity index (χ1n) is 6.99. The van der Waals surface area contributed by atoms with Gasteiger partial charge in [0.05, 0.1) is 12.1 Å². The average Bonchev–Trinajstić information content (AvgIpc) is 3.10. The highest BCUT2D eigenvalue weighted by molar-refractivity contribution is 7.19. The van der Waals surface area contributed by atoms with Crippen LogP contribution in [-0.4, -0.2) is 41.4 Å². The average molecular weight is 306 g/mol. The smallest absolute Gasteiger partial charge is 0.237 e. The molecule has 0 aliphatic carbocycles. The Balaban J connectivity index is 1.58. The molecule has 0 bridgehead atoms. The normalized spacial score (nSPS) is 23.3. The van der Waals surface area contributed by atoms with E-state index in [0.717, 1.165) is 15.0 Å². The summed E-state index contributed by atoms with van der Waals surface area (Å²) in [5, 5.41) is 26.4. The molecule has 0 radical (unpaired) electrons. The van der Waals surface area contributed by atoms with Crippen LogP contribution in [0.15, 0.2) is 30.3 Å². The van der Waals surface area contributed by atoms with Gasteiger partial charge in [0.15, 0.2) is 0 Å². The predicted molar refractivity (Wildman–Crippen MR) is 82.2 cm³/mol. The summed E-state index contributed by atoms with van der Waals surface area (Å²) >= 11 is 1.53. The number of thiophene rings is 1. The van der Waals surface area contributed by atoms with Crippen LogP contribution in [0.1, 0.15) is 17.4 Å². The maximum absolute atomic E-state index is 11.9. The molecule has 1 aliphatic heterocycles. The summed E-state index contributed by atoms with van der Waals surface area (Å²) in [6, 6.07) is 9.53. The van der Waals surface area contributed by atoms with E-state index in [1.54, 1.807) is 0 Å². The summed E-state index contributed by atoms with van der Waals surface area (Å²) in [5.74, 6) is -0.174. The van der Waals surface area contributed by atoms with Crippen molar-refractivity contribution < 1.29 is 15.0 Å². The minimum absolute atomic E-state index is 0.174. The number of aliphatic hydroxyl groups is 2. The fraction of sp³-hybridized carbons (Fsp3) is 0.400. The lowest BCUT2D eigenvalue weighted by molar-refractivity contribution is -0.123. The van der Waals surface area contributed by atoms with Crippen LogP contribution in [-0.2, 0) is 4.79 Å². The topological polar surface area (TPSA) is 81.6 Å². The van der Waals surface area contributed by atoms with Gasteiger partial charge in [0.2, 0.25) is 5.91 Å². The molecule has 0 saturated carbocycles. The van der Waals surface area contributed by atoms with Crippen LogP contribution in [0.4, 0.5) is 0 Å². The molecule has 4 N–H and O–H groups in total. The standard InChI is InChI=1S/C15H18N2O3S/c18-10-6-11(16-7-10)15(20)17-8-12(19)14-5-9-3-1-2-4-13(9)21-14/h1-5,10-12,16,18-19H,6-8H2,(H,17,20). The second-order valence-corrected chi connectivity index (χ2v) is 6.41. The molecule has 1 aromatic carbocycles. The highest BCUT2D eigenvalue weighted by Gasteiger charge is 2.28. The molecule has 1 fully saturated rings. The first kappa shape index (κ1) is 14.5. The maximum Gasteiger partial charge on any atom is 0.237 e. The quantitative estimate of drug-likeness (QED) is 0.673. The summed E-state index contributed by atoms with van der Waals surface area (Å²) < 4.78 is 1.12. The van der Waals surface area contributed by atoms with Gasteiger partial charge in [0, 0.05) is 22.7 Å². The maximum atomic E-state index is 11.9. The predicted octanol–water partition coefficient (Wildman–Crippen LogP) is 0.774. The van der Waals surface area contributed by atoms with Crippen molar-refractivity contribution in [2.24, 2.45) is 0 Å². The first-order chi connectivity index (χ1) is 10.1. The summed E-state index contributed by atoms with van der Waals surface area (Å²) in [6.45, 7) is 0.622. The molecule has 2 aromatic rings. The van der Waals surface area contributed by atoms with E-state index in [4.69, 9.17) is 0 Å². The van der Waals surface area contributed by atoms with Crippen LogP contribution in [0.25, 0.3) is 10.1 Å². The number of carbonyl (C=O) groups is 1. The first-order valence-corrected chi connectivity index (χ1v) is 7.81. The molecule has 6 heteroatoms. The van der Waals surface area contributed by atoms with Crippen LogP contribution in [0, 0.1) is 0 Å². The fourth-order valence-corrected chi connectivity index (χ4v) is 3.56. The number of hydrogen-bond acceptors (Lipinski definition) is 5. The third-order valence-electron chi connectivity index (χ3n) is 3.67. The van der Waals surface area contributed by atoms with Crippen LogP contribution in [0.3, 0.4) is 0 Å². The van der Waals surface area contributed by atoms with E-state index in [0.29, 0.717) is 13.0 Å². The Morgan fingerprint density at radius 1 is 1.48 bits per heavy atom. The number of β-amino-alcohol motifs (C(OH)–C–C–N with tert-alkyl or cyclic N) is 1. The van der Waals surface area contributed by atoms with E-state index >= 15 is 0 Å². The second-order valence-electron chi connectivity index (χ2n) is 5.30. The van der Waals surface area contributed by atoms with Gasteiger partial charge >= 0.3 is 0 Å². The highest BCUT2D eigenvalue weighted by Crippen LogP contribution is 2.29. The zero-order valence-electron chi connectivity index (χ0n) is 11.5. The van der Waals surface area contributed by atoms with Crippen molar-refractivity contribution >= 4 is 27.3 Å². The second kappa shape index (κ2) is 6.11. The lowest BCUT2D eigenvalue weighted by Crippen LogP contribution is -2.41. The van der Waals surface area contributed by atoms with Crippen molar-refractivity contribution in [1.82, 2.24) is 10.6 Å². The molecule has 112 valence electrons. The van der Waals surface area contributed by atoms with Gasteiger partial charge in [-0.1, -0.05) is 18.2 Å². The Morgan fingerprint density at radius 3 is 3.00 bits per heavy atom. The van der Waals surface area contributed by atoms with Crippen molar-refractivity contribution in [3.63, 3.8) is 0 Å². The fourth-order valence-electron chi connectivity index (χ4n) is 2.50. The number of aliphatic hydroxyl groups excluding tert-OH is 2. The zero-order chi connectivity index (χ0) is 14.8. The molecule has 3 unspecified atom stereocenters. The molecule has 21 heavy (non-hydrogen) atoms.